The second-order valence-corrected chi connectivity index (χ2v) is 6.65. The summed E-state index contributed by atoms with van der Waals surface area (Å²) in [5, 5.41) is 0. The Kier molecular flexibility index (Phi) is 4.74. The summed E-state index contributed by atoms with van der Waals surface area (Å²) in [5.41, 5.74) is 0.832. The molecule has 1 heterocycles. The van der Waals surface area contributed by atoms with E-state index in [4.69, 9.17) is 0 Å². The molecule has 2 rings (SSSR count). The summed E-state index contributed by atoms with van der Waals surface area (Å²) in [7, 11) is -3.19. The van der Waals surface area contributed by atoms with Crippen LogP contribution in [0.1, 0.15) is 18.4 Å². The summed E-state index contributed by atoms with van der Waals surface area (Å²) in [4.78, 5) is 1.51. The fourth-order valence-corrected chi connectivity index (χ4v) is 3.50. The molecule has 4 nitrogen and oxygen atoms in total. The number of sulfonamides is 1. The lowest BCUT2D eigenvalue weighted by Crippen LogP contribution is -3.10. The van der Waals surface area contributed by atoms with E-state index in [-0.39, 0.29) is 5.75 Å². The zero-order valence-electron chi connectivity index (χ0n) is 10.6. The van der Waals surface area contributed by atoms with Gasteiger partial charge in [-0.15, -0.1) is 0 Å². The van der Waals surface area contributed by atoms with Crippen LogP contribution in [0, 0.1) is 0 Å². The van der Waals surface area contributed by atoms with Crippen molar-refractivity contribution in [3.8, 4) is 0 Å². The van der Waals surface area contributed by atoms with E-state index < -0.39 is 10.0 Å². The highest BCUT2D eigenvalue weighted by Gasteiger charge is 2.16. The van der Waals surface area contributed by atoms with Crippen LogP contribution < -0.4 is 9.62 Å². The standard InChI is InChI=1S/C13H20N2O2S/c16-18(17,12-13-6-2-1-3-7-13)14-8-11-15-9-4-5-10-15/h1-3,6-7,14H,4-5,8-12H2/p+1. The first kappa shape index (κ1) is 13.5. The van der Waals surface area contributed by atoms with Crippen LogP contribution in [0.25, 0.3) is 0 Å². The monoisotopic (exact) mass is 269 g/mol. The summed E-state index contributed by atoms with van der Waals surface area (Å²) in [6, 6.07) is 9.29. The van der Waals surface area contributed by atoms with Crippen LogP contribution in [-0.4, -0.2) is 34.6 Å². The van der Waals surface area contributed by atoms with Gasteiger partial charge in [-0.2, -0.15) is 0 Å². The van der Waals surface area contributed by atoms with E-state index in [1.54, 1.807) is 0 Å². The first-order chi connectivity index (χ1) is 8.66. The third kappa shape index (κ3) is 4.40. The van der Waals surface area contributed by atoms with E-state index in [1.807, 2.05) is 30.3 Å². The molecular weight excluding hydrogens is 248 g/mol. The number of quaternary nitrogens is 1. The van der Waals surface area contributed by atoms with Crippen molar-refractivity contribution in [2.24, 2.45) is 0 Å². The van der Waals surface area contributed by atoms with Crippen molar-refractivity contribution in [3.63, 3.8) is 0 Å². The lowest BCUT2D eigenvalue weighted by Gasteiger charge is -2.12. The highest BCUT2D eigenvalue weighted by molar-refractivity contribution is 7.88. The van der Waals surface area contributed by atoms with Gasteiger partial charge in [-0.25, -0.2) is 13.1 Å². The Morgan fingerprint density at radius 1 is 1.11 bits per heavy atom. The van der Waals surface area contributed by atoms with E-state index in [0.29, 0.717) is 6.54 Å². The highest BCUT2D eigenvalue weighted by Crippen LogP contribution is 2.03. The maximum absolute atomic E-state index is 11.9. The zero-order chi connectivity index (χ0) is 12.8. The summed E-state index contributed by atoms with van der Waals surface area (Å²) in [6.45, 7) is 3.80. The van der Waals surface area contributed by atoms with Gasteiger partial charge < -0.3 is 4.90 Å². The molecule has 18 heavy (non-hydrogen) atoms. The summed E-state index contributed by atoms with van der Waals surface area (Å²) < 4.78 is 26.4. The minimum atomic E-state index is -3.19. The number of benzene rings is 1. The van der Waals surface area contributed by atoms with E-state index in [0.717, 1.165) is 12.1 Å². The fraction of sp³-hybridized carbons (Fsp3) is 0.538. The third-order valence-corrected chi connectivity index (χ3v) is 4.67. The molecule has 0 unspecified atom stereocenters. The summed E-state index contributed by atoms with van der Waals surface area (Å²) in [6.07, 6.45) is 2.54. The molecule has 0 aromatic heterocycles. The Morgan fingerprint density at radius 3 is 2.44 bits per heavy atom. The molecule has 1 saturated heterocycles. The number of nitrogens with one attached hydrogen (secondary N) is 2. The molecule has 0 radical (unpaired) electrons. The molecule has 100 valence electrons. The average Bonchev–Trinajstić information content (AvgIpc) is 2.82. The minimum absolute atomic E-state index is 0.0726. The minimum Gasteiger partial charge on any atom is -0.334 e. The van der Waals surface area contributed by atoms with Gasteiger partial charge in [-0.05, 0) is 5.56 Å². The second kappa shape index (κ2) is 6.31. The van der Waals surface area contributed by atoms with Crippen LogP contribution in [0.4, 0.5) is 0 Å². The van der Waals surface area contributed by atoms with Gasteiger partial charge in [-0.3, -0.25) is 0 Å². The molecule has 0 amide bonds. The number of hydrogen-bond acceptors (Lipinski definition) is 2. The molecule has 1 aromatic rings. The molecule has 0 saturated carbocycles. The SMILES string of the molecule is O=S(=O)(Cc1ccccc1)NCC[NH+]1CCCC1. The Bertz CT molecular complexity index is 453. The molecule has 2 N–H and O–H groups in total. The molecule has 1 aromatic carbocycles. The van der Waals surface area contributed by atoms with Crippen molar-refractivity contribution in [2.75, 3.05) is 26.2 Å². The Labute approximate surface area is 109 Å². The largest absolute Gasteiger partial charge is 0.334 e. The fourth-order valence-electron chi connectivity index (χ4n) is 2.35. The lowest BCUT2D eigenvalue weighted by molar-refractivity contribution is -0.886. The Balaban J connectivity index is 1.77. The van der Waals surface area contributed by atoms with Crippen molar-refractivity contribution in [2.45, 2.75) is 18.6 Å². The van der Waals surface area contributed by atoms with Crippen molar-refractivity contribution >= 4 is 10.0 Å². The average molecular weight is 269 g/mol. The Hall–Kier alpha value is -0.910. The topological polar surface area (TPSA) is 50.6 Å². The number of rotatable bonds is 6. The van der Waals surface area contributed by atoms with Crippen molar-refractivity contribution in [3.05, 3.63) is 35.9 Å². The predicted molar refractivity (Wildman–Crippen MR) is 71.9 cm³/mol. The van der Waals surface area contributed by atoms with Crippen molar-refractivity contribution in [1.29, 1.82) is 0 Å². The van der Waals surface area contributed by atoms with E-state index in [1.165, 1.54) is 30.8 Å². The number of likely N-dealkylation sites (tertiary alicyclic amines) is 1. The van der Waals surface area contributed by atoms with Gasteiger partial charge in [0.2, 0.25) is 10.0 Å². The third-order valence-electron chi connectivity index (χ3n) is 3.31. The van der Waals surface area contributed by atoms with Crippen LogP contribution in [-0.2, 0) is 15.8 Å². The van der Waals surface area contributed by atoms with Crippen LogP contribution in [0.15, 0.2) is 30.3 Å². The normalized spacial score (nSPS) is 17.1. The van der Waals surface area contributed by atoms with Crippen LogP contribution >= 0.6 is 0 Å². The molecule has 0 spiro atoms. The number of hydrogen-bond donors (Lipinski definition) is 2. The van der Waals surface area contributed by atoms with Gasteiger partial charge in [0, 0.05) is 12.8 Å². The van der Waals surface area contributed by atoms with Gasteiger partial charge in [0.15, 0.2) is 0 Å². The van der Waals surface area contributed by atoms with Gasteiger partial charge in [0.05, 0.1) is 31.9 Å². The van der Waals surface area contributed by atoms with Gasteiger partial charge in [0.25, 0.3) is 0 Å². The molecule has 0 aliphatic carbocycles. The van der Waals surface area contributed by atoms with E-state index >= 15 is 0 Å². The predicted octanol–water partition coefficient (Wildman–Crippen LogP) is -0.215. The van der Waals surface area contributed by atoms with E-state index in [9.17, 15) is 8.42 Å². The molecule has 5 heteroatoms. The summed E-state index contributed by atoms with van der Waals surface area (Å²) in [5.74, 6) is 0.0726. The van der Waals surface area contributed by atoms with Crippen LogP contribution in [0.2, 0.25) is 0 Å². The summed E-state index contributed by atoms with van der Waals surface area (Å²) >= 11 is 0. The molecule has 0 atom stereocenters. The molecule has 1 aliphatic heterocycles. The highest BCUT2D eigenvalue weighted by atomic mass is 32.2. The second-order valence-electron chi connectivity index (χ2n) is 4.85. The Morgan fingerprint density at radius 2 is 1.78 bits per heavy atom. The van der Waals surface area contributed by atoms with Gasteiger partial charge >= 0.3 is 0 Å². The van der Waals surface area contributed by atoms with Crippen LogP contribution in [0.3, 0.4) is 0 Å². The lowest BCUT2D eigenvalue weighted by atomic mass is 10.2. The van der Waals surface area contributed by atoms with Crippen molar-refractivity contribution < 1.29 is 13.3 Å². The quantitative estimate of drug-likeness (QED) is 0.750. The first-order valence-corrected chi connectivity index (χ1v) is 8.16. The maximum Gasteiger partial charge on any atom is 0.215 e. The smallest absolute Gasteiger partial charge is 0.215 e. The van der Waals surface area contributed by atoms with Crippen LogP contribution in [0.5, 0.6) is 0 Å². The molecule has 1 aliphatic rings. The molecule has 0 bridgehead atoms. The van der Waals surface area contributed by atoms with Crippen molar-refractivity contribution in [1.82, 2.24) is 4.72 Å². The van der Waals surface area contributed by atoms with Gasteiger partial charge in [0.1, 0.15) is 0 Å². The van der Waals surface area contributed by atoms with Gasteiger partial charge in [-0.1, -0.05) is 30.3 Å². The first-order valence-electron chi connectivity index (χ1n) is 6.50. The van der Waals surface area contributed by atoms with E-state index in [2.05, 4.69) is 4.72 Å². The maximum atomic E-state index is 11.9. The molecular formula is C13H21N2O2S+. The zero-order valence-corrected chi connectivity index (χ0v) is 11.4. The molecule has 1 fully saturated rings.